The zero-order chi connectivity index (χ0) is 11.8. The predicted molar refractivity (Wildman–Crippen MR) is 66.5 cm³/mol. The molecule has 2 heteroatoms. The fourth-order valence-electron chi connectivity index (χ4n) is 1.90. The minimum absolute atomic E-state index is 0.662. The third-order valence-corrected chi connectivity index (χ3v) is 2.52. The van der Waals surface area contributed by atoms with Gasteiger partial charge in [0.2, 0.25) is 0 Å². The SMILES string of the molecule is Cc1cnc2ccc(CC(C)(C)O)cc2c1. The summed E-state index contributed by atoms with van der Waals surface area (Å²) >= 11 is 0. The molecule has 0 unspecified atom stereocenters. The summed E-state index contributed by atoms with van der Waals surface area (Å²) in [5, 5.41) is 10.9. The lowest BCUT2D eigenvalue weighted by atomic mass is 9.97. The number of aryl methyl sites for hydroxylation is 1. The van der Waals surface area contributed by atoms with Crippen LogP contribution in [-0.4, -0.2) is 15.7 Å². The molecule has 2 aromatic rings. The molecule has 2 rings (SSSR count). The third-order valence-electron chi connectivity index (χ3n) is 2.52. The normalized spacial score (nSPS) is 12.0. The van der Waals surface area contributed by atoms with Crippen molar-refractivity contribution in [3.8, 4) is 0 Å². The summed E-state index contributed by atoms with van der Waals surface area (Å²) in [6.07, 6.45) is 2.54. The number of pyridine rings is 1. The topological polar surface area (TPSA) is 33.1 Å². The fourth-order valence-corrected chi connectivity index (χ4v) is 1.90. The molecule has 0 radical (unpaired) electrons. The summed E-state index contributed by atoms with van der Waals surface area (Å²) < 4.78 is 0. The molecule has 0 saturated heterocycles. The Balaban J connectivity index is 2.43. The highest BCUT2D eigenvalue weighted by molar-refractivity contribution is 5.79. The molecule has 16 heavy (non-hydrogen) atoms. The smallest absolute Gasteiger partial charge is 0.0702 e. The van der Waals surface area contributed by atoms with E-state index in [1.54, 1.807) is 0 Å². The van der Waals surface area contributed by atoms with Crippen molar-refractivity contribution >= 4 is 10.9 Å². The van der Waals surface area contributed by atoms with Crippen molar-refractivity contribution in [2.24, 2.45) is 0 Å². The largest absolute Gasteiger partial charge is 0.390 e. The van der Waals surface area contributed by atoms with Crippen molar-refractivity contribution in [2.45, 2.75) is 32.8 Å². The summed E-state index contributed by atoms with van der Waals surface area (Å²) in [4.78, 5) is 4.36. The average Bonchev–Trinajstić information content (AvgIpc) is 2.14. The molecule has 0 fully saturated rings. The lowest BCUT2D eigenvalue weighted by Gasteiger charge is -2.17. The number of aliphatic hydroxyl groups is 1. The zero-order valence-electron chi connectivity index (χ0n) is 9.99. The fraction of sp³-hybridized carbons (Fsp3) is 0.357. The van der Waals surface area contributed by atoms with Crippen LogP contribution >= 0.6 is 0 Å². The number of hydrogen-bond acceptors (Lipinski definition) is 2. The third kappa shape index (κ3) is 2.58. The van der Waals surface area contributed by atoms with Crippen molar-refractivity contribution in [2.75, 3.05) is 0 Å². The summed E-state index contributed by atoms with van der Waals surface area (Å²) in [7, 11) is 0. The number of fused-ring (bicyclic) bond motifs is 1. The maximum absolute atomic E-state index is 9.78. The van der Waals surface area contributed by atoms with E-state index in [0.29, 0.717) is 6.42 Å². The minimum Gasteiger partial charge on any atom is -0.390 e. The standard InChI is InChI=1S/C14H17NO/c1-10-6-12-7-11(8-14(2,3)16)4-5-13(12)15-9-10/h4-7,9,16H,8H2,1-3H3. The van der Waals surface area contributed by atoms with Crippen LogP contribution in [0.2, 0.25) is 0 Å². The van der Waals surface area contributed by atoms with E-state index in [9.17, 15) is 5.11 Å². The van der Waals surface area contributed by atoms with Crippen LogP contribution in [0.3, 0.4) is 0 Å². The van der Waals surface area contributed by atoms with Crippen LogP contribution in [0.5, 0.6) is 0 Å². The second-order valence-electron chi connectivity index (χ2n) is 5.03. The Morgan fingerprint density at radius 2 is 2.00 bits per heavy atom. The van der Waals surface area contributed by atoms with Crippen molar-refractivity contribution in [1.29, 1.82) is 0 Å². The van der Waals surface area contributed by atoms with Crippen LogP contribution in [0.4, 0.5) is 0 Å². The van der Waals surface area contributed by atoms with Crippen molar-refractivity contribution < 1.29 is 5.11 Å². The Labute approximate surface area is 96.0 Å². The van der Waals surface area contributed by atoms with Gasteiger partial charge in [0.15, 0.2) is 0 Å². The van der Waals surface area contributed by atoms with E-state index in [1.807, 2.05) is 39.1 Å². The minimum atomic E-state index is -0.662. The van der Waals surface area contributed by atoms with Gasteiger partial charge in [-0.05, 0) is 50.1 Å². The molecule has 0 saturated carbocycles. The molecule has 0 aliphatic rings. The average molecular weight is 215 g/mol. The van der Waals surface area contributed by atoms with E-state index in [0.717, 1.165) is 22.0 Å². The summed E-state index contributed by atoms with van der Waals surface area (Å²) in [6.45, 7) is 5.69. The number of benzene rings is 1. The van der Waals surface area contributed by atoms with Gasteiger partial charge in [0.25, 0.3) is 0 Å². The van der Waals surface area contributed by atoms with E-state index < -0.39 is 5.60 Å². The highest BCUT2D eigenvalue weighted by Crippen LogP contribution is 2.18. The molecule has 84 valence electrons. The Morgan fingerprint density at radius 3 is 2.69 bits per heavy atom. The van der Waals surface area contributed by atoms with Gasteiger partial charge in [0.05, 0.1) is 11.1 Å². The van der Waals surface area contributed by atoms with Crippen LogP contribution in [0.15, 0.2) is 30.5 Å². The van der Waals surface area contributed by atoms with Gasteiger partial charge >= 0.3 is 0 Å². The monoisotopic (exact) mass is 215 g/mol. The molecule has 0 spiro atoms. The first kappa shape index (κ1) is 11.1. The molecule has 1 heterocycles. The lowest BCUT2D eigenvalue weighted by molar-refractivity contribution is 0.0810. The molecule has 0 amide bonds. The van der Waals surface area contributed by atoms with Crippen LogP contribution in [0.1, 0.15) is 25.0 Å². The van der Waals surface area contributed by atoms with E-state index in [4.69, 9.17) is 0 Å². The number of hydrogen-bond donors (Lipinski definition) is 1. The molecule has 2 nitrogen and oxygen atoms in total. The Hall–Kier alpha value is -1.41. The van der Waals surface area contributed by atoms with Crippen LogP contribution in [0, 0.1) is 6.92 Å². The number of rotatable bonds is 2. The van der Waals surface area contributed by atoms with E-state index in [-0.39, 0.29) is 0 Å². The predicted octanol–water partition coefficient (Wildman–Crippen LogP) is 2.86. The molecule has 0 bridgehead atoms. The molecular formula is C14H17NO. The first-order chi connectivity index (χ1) is 7.44. The van der Waals surface area contributed by atoms with Gasteiger partial charge in [-0.15, -0.1) is 0 Å². The molecule has 0 atom stereocenters. The second kappa shape index (κ2) is 3.87. The zero-order valence-corrected chi connectivity index (χ0v) is 9.99. The quantitative estimate of drug-likeness (QED) is 0.835. The molecule has 1 aromatic heterocycles. The molecule has 0 aliphatic heterocycles. The maximum Gasteiger partial charge on any atom is 0.0702 e. The first-order valence-electron chi connectivity index (χ1n) is 5.52. The van der Waals surface area contributed by atoms with Crippen molar-refractivity contribution in [3.63, 3.8) is 0 Å². The summed E-state index contributed by atoms with van der Waals surface area (Å²) in [6, 6.07) is 8.27. The summed E-state index contributed by atoms with van der Waals surface area (Å²) in [5.41, 5.74) is 2.65. The van der Waals surface area contributed by atoms with Gasteiger partial charge < -0.3 is 5.11 Å². The van der Waals surface area contributed by atoms with Gasteiger partial charge in [0, 0.05) is 18.0 Å². The first-order valence-corrected chi connectivity index (χ1v) is 5.52. The molecular weight excluding hydrogens is 198 g/mol. The summed E-state index contributed by atoms with van der Waals surface area (Å²) in [5.74, 6) is 0. The van der Waals surface area contributed by atoms with E-state index in [2.05, 4.69) is 17.1 Å². The van der Waals surface area contributed by atoms with E-state index >= 15 is 0 Å². The van der Waals surface area contributed by atoms with Gasteiger partial charge in [0.1, 0.15) is 0 Å². The van der Waals surface area contributed by atoms with Crippen molar-refractivity contribution in [1.82, 2.24) is 4.98 Å². The van der Waals surface area contributed by atoms with Gasteiger partial charge in [-0.3, -0.25) is 4.98 Å². The Bertz CT molecular complexity index is 512. The van der Waals surface area contributed by atoms with Crippen LogP contribution < -0.4 is 0 Å². The molecule has 1 aromatic carbocycles. The molecule has 0 aliphatic carbocycles. The highest BCUT2D eigenvalue weighted by Gasteiger charge is 2.13. The van der Waals surface area contributed by atoms with Gasteiger partial charge in [-0.1, -0.05) is 6.07 Å². The van der Waals surface area contributed by atoms with E-state index in [1.165, 1.54) is 0 Å². The molecule has 1 N–H and O–H groups in total. The number of aromatic nitrogens is 1. The van der Waals surface area contributed by atoms with Crippen LogP contribution in [-0.2, 0) is 6.42 Å². The van der Waals surface area contributed by atoms with Crippen molar-refractivity contribution in [3.05, 3.63) is 41.6 Å². The second-order valence-corrected chi connectivity index (χ2v) is 5.03. The van der Waals surface area contributed by atoms with Gasteiger partial charge in [-0.2, -0.15) is 0 Å². The lowest BCUT2D eigenvalue weighted by Crippen LogP contribution is -2.21. The Morgan fingerprint density at radius 1 is 1.25 bits per heavy atom. The Kier molecular flexibility index (Phi) is 2.68. The highest BCUT2D eigenvalue weighted by atomic mass is 16.3. The maximum atomic E-state index is 9.78. The van der Waals surface area contributed by atoms with Crippen LogP contribution in [0.25, 0.3) is 10.9 Å². The number of nitrogens with zero attached hydrogens (tertiary/aromatic N) is 1. The van der Waals surface area contributed by atoms with Gasteiger partial charge in [-0.25, -0.2) is 0 Å².